The minimum Gasteiger partial charge on any atom is -0.444 e. The van der Waals surface area contributed by atoms with Gasteiger partial charge in [-0.2, -0.15) is 0 Å². The second kappa shape index (κ2) is 5.95. The number of carbonyl (C=O) groups is 1. The van der Waals surface area contributed by atoms with E-state index in [1.807, 2.05) is 4.90 Å². The van der Waals surface area contributed by atoms with E-state index in [4.69, 9.17) is 4.42 Å². The highest BCUT2D eigenvalue weighted by atomic mass is 79.9. The van der Waals surface area contributed by atoms with E-state index in [9.17, 15) is 4.79 Å². The Labute approximate surface area is 98.6 Å². The smallest absolute Gasteiger partial charge is 0.289 e. The summed E-state index contributed by atoms with van der Waals surface area (Å²) in [6.45, 7) is 5.69. The SMILES string of the molecule is CCCN(CCC)C(=O)c1ccc(Br)o1. The predicted octanol–water partition coefficient (Wildman–Crippen LogP) is 3.30. The molecule has 1 aromatic rings. The summed E-state index contributed by atoms with van der Waals surface area (Å²) in [5.41, 5.74) is 0. The highest BCUT2D eigenvalue weighted by Gasteiger charge is 2.17. The van der Waals surface area contributed by atoms with E-state index < -0.39 is 0 Å². The molecule has 0 unspecified atom stereocenters. The molecule has 0 radical (unpaired) electrons. The fraction of sp³-hybridized carbons (Fsp3) is 0.545. The number of nitrogens with zero attached hydrogens (tertiary/aromatic N) is 1. The van der Waals surface area contributed by atoms with Gasteiger partial charge in [-0.25, -0.2) is 0 Å². The van der Waals surface area contributed by atoms with Gasteiger partial charge < -0.3 is 9.32 Å². The molecule has 4 heteroatoms. The third-order valence-corrected chi connectivity index (χ3v) is 2.48. The van der Waals surface area contributed by atoms with Gasteiger partial charge in [-0.15, -0.1) is 0 Å². The highest BCUT2D eigenvalue weighted by molar-refractivity contribution is 9.10. The van der Waals surface area contributed by atoms with Gasteiger partial charge in [-0.05, 0) is 40.9 Å². The first-order valence-corrected chi connectivity index (χ1v) is 6.03. The molecule has 3 nitrogen and oxygen atoms in total. The maximum atomic E-state index is 11.9. The monoisotopic (exact) mass is 273 g/mol. The van der Waals surface area contributed by atoms with Crippen LogP contribution in [0.25, 0.3) is 0 Å². The van der Waals surface area contributed by atoms with E-state index in [1.54, 1.807) is 12.1 Å². The molecule has 1 amide bonds. The van der Waals surface area contributed by atoms with Gasteiger partial charge in [0.2, 0.25) is 0 Å². The van der Waals surface area contributed by atoms with Gasteiger partial charge in [0.25, 0.3) is 5.91 Å². The van der Waals surface area contributed by atoms with Crippen molar-refractivity contribution in [2.75, 3.05) is 13.1 Å². The lowest BCUT2D eigenvalue weighted by Crippen LogP contribution is -2.32. The zero-order valence-corrected chi connectivity index (χ0v) is 10.7. The highest BCUT2D eigenvalue weighted by Crippen LogP contribution is 2.16. The summed E-state index contributed by atoms with van der Waals surface area (Å²) in [6, 6.07) is 3.44. The van der Waals surface area contributed by atoms with E-state index in [-0.39, 0.29) is 5.91 Å². The Morgan fingerprint density at radius 3 is 2.33 bits per heavy atom. The van der Waals surface area contributed by atoms with Gasteiger partial charge in [-0.1, -0.05) is 13.8 Å². The third kappa shape index (κ3) is 3.38. The summed E-state index contributed by atoms with van der Waals surface area (Å²) in [4.78, 5) is 13.8. The van der Waals surface area contributed by atoms with Crippen molar-refractivity contribution in [3.8, 4) is 0 Å². The van der Waals surface area contributed by atoms with Crippen LogP contribution in [0.1, 0.15) is 37.2 Å². The predicted molar refractivity (Wildman–Crippen MR) is 62.9 cm³/mol. The largest absolute Gasteiger partial charge is 0.444 e. The molecule has 0 aliphatic heterocycles. The number of hydrogen-bond donors (Lipinski definition) is 0. The minimum atomic E-state index is -0.0237. The molecule has 0 aliphatic rings. The van der Waals surface area contributed by atoms with Crippen LogP contribution in [0.4, 0.5) is 0 Å². The number of amides is 1. The van der Waals surface area contributed by atoms with Crippen molar-refractivity contribution in [1.29, 1.82) is 0 Å². The maximum absolute atomic E-state index is 11.9. The van der Waals surface area contributed by atoms with Gasteiger partial charge in [0.15, 0.2) is 10.4 Å². The Bertz CT molecular complexity index is 316. The molecule has 0 atom stereocenters. The van der Waals surface area contributed by atoms with Crippen LogP contribution in [0.5, 0.6) is 0 Å². The maximum Gasteiger partial charge on any atom is 0.289 e. The number of halogens is 1. The van der Waals surface area contributed by atoms with Crippen LogP contribution < -0.4 is 0 Å². The fourth-order valence-corrected chi connectivity index (χ4v) is 1.75. The summed E-state index contributed by atoms with van der Waals surface area (Å²) in [6.07, 6.45) is 1.93. The van der Waals surface area contributed by atoms with Crippen molar-refractivity contribution in [2.24, 2.45) is 0 Å². The normalized spacial score (nSPS) is 10.3. The zero-order chi connectivity index (χ0) is 11.3. The van der Waals surface area contributed by atoms with Gasteiger partial charge in [0, 0.05) is 13.1 Å². The minimum absolute atomic E-state index is 0.0237. The lowest BCUT2D eigenvalue weighted by Gasteiger charge is -2.19. The van der Waals surface area contributed by atoms with Crippen LogP contribution >= 0.6 is 15.9 Å². The second-order valence-corrected chi connectivity index (χ2v) is 4.18. The number of hydrogen-bond acceptors (Lipinski definition) is 2. The van der Waals surface area contributed by atoms with Crippen LogP contribution in [0.15, 0.2) is 21.2 Å². The molecule has 0 spiro atoms. The molecule has 0 N–H and O–H groups in total. The molecule has 0 aromatic carbocycles. The second-order valence-electron chi connectivity index (χ2n) is 3.40. The van der Waals surface area contributed by atoms with E-state index in [1.165, 1.54) is 0 Å². The standard InChI is InChI=1S/C11H16BrNO2/c1-3-7-13(8-4-2)11(14)9-5-6-10(12)15-9/h5-6H,3-4,7-8H2,1-2H3. The molecule has 0 fully saturated rings. The molecule has 0 bridgehead atoms. The quantitative estimate of drug-likeness (QED) is 0.825. The molecule has 1 rings (SSSR count). The van der Waals surface area contributed by atoms with Crippen molar-refractivity contribution >= 4 is 21.8 Å². The summed E-state index contributed by atoms with van der Waals surface area (Å²) in [5.74, 6) is 0.383. The Morgan fingerprint density at radius 1 is 1.33 bits per heavy atom. The Balaban J connectivity index is 2.71. The Kier molecular flexibility index (Phi) is 4.88. The molecule has 0 saturated heterocycles. The van der Waals surface area contributed by atoms with E-state index >= 15 is 0 Å². The van der Waals surface area contributed by atoms with Crippen LogP contribution in [0, 0.1) is 0 Å². The number of furan rings is 1. The number of carbonyl (C=O) groups excluding carboxylic acids is 1. The molecule has 0 aliphatic carbocycles. The first-order valence-electron chi connectivity index (χ1n) is 5.23. The topological polar surface area (TPSA) is 33.5 Å². The van der Waals surface area contributed by atoms with Gasteiger partial charge >= 0.3 is 0 Å². The Morgan fingerprint density at radius 2 is 1.93 bits per heavy atom. The summed E-state index contributed by atoms with van der Waals surface area (Å²) in [7, 11) is 0. The van der Waals surface area contributed by atoms with Gasteiger partial charge in [-0.3, -0.25) is 4.79 Å². The summed E-state index contributed by atoms with van der Waals surface area (Å²) < 4.78 is 5.84. The van der Waals surface area contributed by atoms with E-state index in [0.29, 0.717) is 10.4 Å². The van der Waals surface area contributed by atoms with Crippen molar-refractivity contribution in [2.45, 2.75) is 26.7 Å². The molecule has 1 aromatic heterocycles. The van der Waals surface area contributed by atoms with Crippen molar-refractivity contribution in [3.63, 3.8) is 0 Å². The van der Waals surface area contributed by atoms with E-state index in [0.717, 1.165) is 25.9 Å². The lowest BCUT2D eigenvalue weighted by atomic mass is 10.3. The molecular weight excluding hydrogens is 258 g/mol. The third-order valence-electron chi connectivity index (χ3n) is 2.06. The van der Waals surface area contributed by atoms with Crippen LogP contribution in [0.3, 0.4) is 0 Å². The molecule has 84 valence electrons. The fourth-order valence-electron chi connectivity index (χ4n) is 1.44. The van der Waals surface area contributed by atoms with Gasteiger partial charge in [0.05, 0.1) is 0 Å². The van der Waals surface area contributed by atoms with Gasteiger partial charge in [0.1, 0.15) is 0 Å². The lowest BCUT2D eigenvalue weighted by molar-refractivity contribution is 0.0722. The summed E-state index contributed by atoms with van der Waals surface area (Å²) >= 11 is 3.19. The molecule has 0 saturated carbocycles. The van der Waals surface area contributed by atoms with Crippen LogP contribution in [0.2, 0.25) is 0 Å². The van der Waals surface area contributed by atoms with E-state index in [2.05, 4.69) is 29.8 Å². The zero-order valence-electron chi connectivity index (χ0n) is 9.12. The average Bonchev–Trinajstić information content (AvgIpc) is 2.63. The van der Waals surface area contributed by atoms with Crippen molar-refractivity contribution in [3.05, 3.63) is 22.6 Å². The van der Waals surface area contributed by atoms with Crippen LogP contribution in [-0.2, 0) is 0 Å². The van der Waals surface area contributed by atoms with Crippen molar-refractivity contribution in [1.82, 2.24) is 4.90 Å². The first-order chi connectivity index (χ1) is 7.19. The van der Waals surface area contributed by atoms with Crippen LogP contribution in [-0.4, -0.2) is 23.9 Å². The van der Waals surface area contributed by atoms with Crippen molar-refractivity contribution < 1.29 is 9.21 Å². The molecular formula is C11H16BrNO2. The average molecular weight is 274 g/mol. The Hall–Kier alpha value is -0.770. The molecule has 1 heterocycles. The molecule has 15 heavy (non-hydrogen) atoms. The summed E-state index contributed by atoms with van der Waals surface area (Å²) in [5, 5.41) is 0. The number of rotatable bonds is 5. The first kappa shape index (κ1) is 12.3.